The van der Waals surface area contributed by atoms with Crippen molar-refractivity contribution in [3.8, 4) is 28.5 Å². The number of nitro benzene ring substituents is 1. The summed E-state index contributed by atoms with van der Waals surface area (Å²) in [5.74, 6) is 0.788. The number of halogens is 2. The molecule has 57 heavy (non-hydrogen) atoms. The molecule has 0 saturated heterocycles. The Balaban J connectivity index is 0.000000441. The van der Waals surface area contributed by atoms with Crippen LogP contribution in [0.15, 0.2) is 78.9 Å². The Kier molecular flexibility index (Phi) is 25.5. The molecule has 312 valence electrons. The van der Waals surface area contributed by atoms with Gasteiger partial charge in [0.15, 0.2) is 10.9 Å². The number of nitrogens with two attached hydrogens (primary N) is 1. The van der Waals surface area contributed by atoms with Crippen molar-refractivity contribution in [1.82, 2.24) is 15.5 Å². The van der Waals surface area contributed by atoms with Gasteiger partial charge in [-0.1, -0.05) is 111 Å². The number of anilines is 1. The first-order valence-corrected chi connectivity index (χ1v) is 23.2. The maximum Gasteiger partial charge on any atom is 0.372 e. The van der Waals surface area contributed by atoms with Gasteiger partial charge in [-0.25, -0.2) is 4.79 Å². The van der Waals surface area contributed by atoms with Crippen LogP contribution in [-0.2, 0) is 20.3 Å². The number of nitrogen functional groups attached to an aromatic ring is 1. The number of hydrogen-bond acceptors (Lipinski definition) is 13. The van der Waals surface area contributed by atoms with E-state index in [1.165, 1.54) is 55.6 Å². The van der Waals surface area contributed by atoms with Crippen LogP contribution in [0.25, 0.3) is 11.3 Å². The van der Waals surface area contributed by atoms with E-state index in [4.69, 9.17) is 48.4 Å². The van der Waals surface area contributed by atoms with E-state index in [1.807, 2.05) is 41.7 Å². The Morgan fingerprint density at radius 3 is 2.09 bits per heavy atom. The van der Waals surface area contributed by atoms with Gasteiger partial charge in [-0.3, -0.25) is 20.2 Å². The molecule has 0 bridgehead atoms. The number of rotatable bonds is 16. The van der Waals surface area contributed by atoms with Gasteiger partial charge >= 0.3 is 11.3 Å². The molecule has 0 aliphatic heterocycles. The quantitative estimate of drug-likeness (QED) is 0.0156. The smallest absolute Gasteiger partial charge is 0.372 e. The zero-order valence-corrected chi connectivity index (χ0v) is 36.0. The lowest BCUT2D eigenvalue weighted by atomic mass is 10.1. The topological polar surface area (TPSA) is 240 Å². The maximum absolute atomic E-state index is 12.1. The fourth-order valence-electron chi connectivity index (χ4n) is 4.10. The highest BCUT2D eigenvalue weighted by atomic mass is 35.5. The van der Waals surface area contributed by atoms with Gasteiger partial charge in [-0.2, -0.15) is 0 Å². The largest absolute Gasteiger partial charge is 0.778 e. The summed E-state index contributed by atoms with van der Waals surface area (Å²) >= 11 is 13.0. The number of nitrogens with zero attached hydrogens (tertiary/aromatic N) is 3. The Hall–Kier alpha value is -3.93. The molecule has 20 heteroatoms. The van der Waals surface area contributed by atoms with Crippen molar-refractivity contribution in [3.05, 3.63) is 99.2 Å². The number of unbranched alkanes of at least 4 members (excludes halogenated alkanes) is 5. The third-order valence-electron chi connectivity index (χ3n) is 6.56. The van der Waals surface area contributed by atoms with Crippen LogP contribution in [0.4, 0.5) is 16.2 Å². The summed E-state index contributed by atoms with van der Waals surface area (Å²) in [7, 11) is -3.71. The van der Waals surface area contributed by atoms with Gasteiger partial charge in [0, 0.05) is 23.4 Å². The summed E-state index contributed by atoms with van der Waals surface area (Å²) < 4.78 is 20.9. The van der Waals surface area contributed by atoms with Crippen LogP contribution in [0, 0.1) is 10.1 Å². The molecule has 1 heterocycles. The average Bonchev–Trinajstić information content (AvgIpc) is 3.13. The van der Waals surface area contributed by atoms with Crippen LogP contribution < -0.4 is 25.4 Å². The van der Waals surface area contributed by atoms with Gasteiger partial charge in [0.25, 0.3) is 5.69 Å². The van der Waals surface area contributed by atoms with Crippen molar-refractivity contribution in [3.63, 3.8) is 0 Å². The van der Waals surface area contributed by atoms with Gasteiger partial charge in [0.2, 0.25) is 0 Å². The van der Waals surface area contributed by atoms with Crippen LogP contribution in [0.5, 0.6) is 17.2 Å². The van der Waals surface area contributed by atoms with Crippen molar-refractivity contribution in [2.75, 3.05) is 43.1 Å². The van der Waals surface area contributed by atoms with E-state index in [0.717, 1.165) is 24.2 Å². The number of nitro groups is 1. The number of hydrogen-bond donors (Lipinski definition) is 4. The highest BCUT2D eigenvalue weighted by Gasteiger charge is 2.18. The van der Waals surface area contributed by atoms with Crippen molar-refractivity contribution >= 4 is 76.1 Å². The minimum atomic E-state index is -4.35. The number of aliphatic carboxylic acids is 1. The number of carbonyl (C=O) groups is 2. The molecule has 4 rings (SSSR count). The predicted octanol–water partition coefficient (Wildman–Crippen LogP) is 8.67. The fourth-order valence-corrected chi connectivity index (χ4v) is 5.50. The third kappa shape index (κ3) is 23.8. The van der Waals surface area contributed by atoms with Crippen LogP contribution in [0.2, 0.25) is 10.2 Å². The molecule has 0 aliphatic carbocycles. The van der Waals surface area contributed by atoms with Gasteiger partial charge in [0.05, 0.1) is 36.5 Å². The van der Waals surface area contributed by atoms with Gasteiger partial charge in [-0.05, 0) is 47.3 Å². The lowest BCUT2D eigenvalue weighted by Gasteiger charge is -2.14. The first-order chi connectivity index (χ1) is 26.9. The van der Waals surface area contributed by atoms with Crippen molar-refractivity contribution in [1.29, 1.82) is 0 Å². The highest BCUT2D eigenvalue weighted by molar-refractivity contribution is 8.13. The van der Waals surface area contributed by atoms with E-state index in [9.17, 15) is 29.2 Å². The zero-order valence-electron chi connectivity index (χ0n) is 32.0. The maximum atomic E-state index is 12.1. The Morgan fingerprint density at radius 2 is 1.53 bits per heavy atom. The van der Waals surface area contributed by atoms with E-state index in [1.54, 1.807) is 24.3 Å². The summed E-state index contributed by atoms with van der Waals surface area (Å²) in [4.78, 5) is 49.9. The first kappa shape index (κ1) is 51.1. The number of carboxylic acid groups (broad SMARTS) is 1. The van der Waals surface area contributed by atoms with Gasteiger partial charge in [0.1, 0.15) is 35.5 Å². The van der Waals surface area contributed by atoms with E-state index >= 15 is 0 Å². The molecule has 3 aromatic carbocycles. The Bertz CT molecular complexity index is 1860. The Labute approximate surface area is 349 Å². The molecule has 4 aromatic rings. The summed E-state index contributed by atoms with van der Waals surface area (Å²) in [6, 6.07) is 22.6. The second kappa shape index (κ2) is 28.5. The molecular weight excluding hydrogens is 840 g/mol. The number of ether oxygens (including phenoxy) is 2. The molecule has 1 atom stereocenters. The molecule has 5 N–H and O–H groups in total. The molecule has 0 aliphatic rings. The number of aromatic nitrogens is 2. The van der Waals surface area contributed by atoms with E-state index in [-0.39, 0.29) is 32.6 Å². The van der Waals surface area contributed by atoms with E-state index < -0.39 is 31.3 Å². The van der Waals surface area contributed by atoms with Crippen molar-refractivity contribution in [2.24, 2.45) is 0 Å². The molecule has 0 fully saturated rings. The summed E-state index contributed by atoms with van der Waals surface area (Å²) in [5.41, 5.74) is 6.59. The number of benzene rings is 3. The number of thioether (sulfide) groups is 1. The Morgan fingerprint density at radius 1 is 0.947 bits per heavy atom. The number of nitrogens with one attached hydrogen (secondary N) is 1. The molecule has 15 nitrogen and oxygen atoms in total. The van der Waals surface area contributed by atoms with Crippen molar-refractivity contribution in [2.45, 2.75) is 45.4 Å². The SMILES string of the molecule is CCCCCCCCSC(=O)Oc1cc(Cl)nnc1-c1ccccc1.C[S+](C)C.Nc1c([N+](=O)[O-])ccc(Oc2ccccc2)c1Cl.O=C(O)CNCP(=O)([O-])O. The van der Waals surface area contributed by atoms with Crippen LogP contribution in [0.3, 0.4) is 0 Å². The lowest BCUT2D eigenvalue weighted by Crippen LogP contribution is -2.25. The minimum absolute atomic E-state index is 0.0352. The fraction of sp³-hybridized carbons (Fsp3) is 0.351. The van der Waals surface area contributed by atoms with Crippen LogP contribution in [-0.4, -0.2) is 73.7 Å². The monoisotopic (exact) mass is 887 g/mol. The summed E-state index contributed by atoms with van der Waals surface area (Å²) in [6.07, 6.45) is 13.1. The molecule has 0 saturated carbocycles. The van der Waals surface area contributed by atoms with E-state index in [2.05, 4.69) is 35.9 Å². The van der Waals surface area contributed by atoms with Gasteiger partial charge < -0.3 is 34.7 Å². The number of para-hydroxylation sites is 1. The molecule has 1 unspecified atom stereocenters. The normalized spacial score (nSPS) is 11.3. The predicted molar refractivity (Wildman–Crippen MR) is 229 cm³/mol. The van der Waals surface area contributed by atoms with Crippen LogP contribution >= 0.6 is 42.6 Å². The summed E-state index contributed by atoms with van der Waals surface area (Å²) in [5, 5.41) is 28.5. The molecule has 1 aromatic heterocycles. The zero-order chi connectivity index (χ0) is 42.8. The molecular formula is C37H48Cl2N5O10PS2. The number of carboxylic acids is 1. The first-order valence-electron chi connectivity index (χ1n) is 17.3. The second-order valence-corrected chi connectivity index (χ2v) is 17.9. The standard InChI is InChI=1S/C19H23ClN2O2S.C12H9ClN2O3.C3H8NO5P.C3H9S/c1-2-3-4-5-6-10-13-25-19(23)24-16-14-17(20)21-22-18(16)15-11-8-7-9-12-15;13-11-10(18-8-4-2-1-3-5-8)7-6-9(12(11)14)15(16)17;5-3(6)1-4-2-10(7,8)9;1-4(2)3/h7-9,11-12,14H,2-6,10,13H2,1H3;1-7H,14H2;4H,1-2H2,(H,5,6)(H2,7,8,9);1-3H3/q;;;+1/p-1. The van der Waals surface area contributed by atoms with Gasteiger partial charge in [-0.15, -0.1) is 10.2 Å². The van der Waals surface area contributed by atoms with E-state index in [0.29, 0.717) is 28.1 Å². The highest BCUT2D eigenvalue weighted by Crippen LogP contribution is 2.39. The average molecular weight is 889 g/mol. The summed E-state index contributed by atoms with van der Waals surface area (Å²) in [6.45, 7) is 1.72. The third-order valence-corrected chi connectivity index (χ3v) is 8.57. The lowest BCUT2D eigenvalue weighted by molar-refractivity contribution is -0.383. The molecule has 0 radical (unpaired) electrons. The van der Waals surface area contributed by atoms with Crippen LogP contribution in [0.1, 0.15) is 45.4 Å². The minimum Gasteiger partial charge on any atom is -0.778 e. The molecule has 0 amide bonds. The van der Waals surface area contributed by atoms with Crippen molar-refractivity contribution < 1.29 is 43.4 Å². The molecule has 0 spiro atoms. The number of carbonyl (C=O) groups excluding carboxylic acids is 1. The second-order valence-electron chi connectivity index (χ2n) is 12.0.